The lowest BCUT2D eigenvalue weighted by Crippen LogP contribution is -2.34. The van der Waals surface area contributed by atoms with Crippen molar-refractivity contribution in [3.63, 3.8) is 0 Å². The van der Waals surface area contributed by atoms with Crippen LogP contribution in [-0.2, 0) is 6.54 Å². The lowest BCUT2D eigenvalue weighted by molar-refractivity contribution is 0.135. The number of nitrogens with zero attached hydrogens (tertiary/aromatic N) is 1. The van der Waals surface area contributed by atoms with Crippen LogP contribution in [0.15, 0.2) is 17.5 Å². The SMILES string of the molecule is CN(Cc1cccs1)C(=O)NO. The number of amides is 2. The molecule has 0 aromatic carbocycles. The van der Waals surface area contributed by atoms with Crippen LogP contribution < -0.4 is 5.48 Å². The molecule has 0 aliphatic rings. The van der Waals surface area contributed by atoms with Gasteiger partial charge in [0.05, 0.1) is 6.54 Å². The van der Waals surface area contributed by atoms with Gasteiger partial charge in [-0.05, 0) is 11.4 Å². The summed E-state index contributed by atoms with van der Waals surface area (Å²) >= 11 is 1.58. The van der Waals surface area contributed by atoms with E-state index in [1.807, 2.05) is 17.5 Å². The predicted molar refractivity (Wildman–Crippen MR) is 46.1 cm³/mol. The number of carbonyl (C=O) groups excluding carboxylic acids is 1. The molecule has 5 heteroatoms. The number of hydroxylamine groups is 1. The molecule has 12 heavy (non-hydrogen) atoms. The fourth-order valence-corrected chi connectivity index (χ4v) is 1.55. The van der Waals surface area contributed by atoms with Crippen molar-refractivity contribution in [1.82, 2.24) is 10.4 Å². The highest BCUT2D eigenvalue weighted by Crippen LogP contribution is 2.10. The Morgan fingerprint density at radius 1 is 1.83 bits per heavy atom. The van der Waals surface area contributed by atoms with Crippen LogP contribution in [0.3, 0.4) is 0 Å². The van der Waals surface area contributed by atoms with Gasteiger partial charge in [0.25, 0.3) is 0 Å². The zero-order valence-electron chi connectivity index (χ0n) is 6.65. The highest BCUT2D eigenvalue weighted by Gasteiger charge is 2.06. The minimum atomic E-state index is -0.497. The van der Waals surface area contributed by atoms with Crippen LogP contribution in [0.25, 0.3) is 0 Å². The van der Waals surface area contributed by atoms with Gasteiger partial charge < -0.3 is 4.90 Å². The quantitative estimate of drug-likeness (QED) is 0.540. The molecule has 0 radical (unpaired) electrons. The van der Waals surface area contributed by atoms with E-state index in [1.54, 1.807) is 23.9 Å². The summed E-state index contributed by atoms with van der Waals surface area (Å²) in [4.78, 5) is 13.3. The van der Waals surface area contributed by atoms with Crippen molar-refractivity contribution in [3.8, 4) is 0 Å². The normalized spacial score (nSPS) is 9.50. The Balaban J connectivity index is 2.47. The van der Waals surface area contributed by atoms with Crippen molar-refractivity contribution < 1.29 is 10.0 Å². The molecule has 0 aliphatic carbocycles. The first-order valence-corrected chi connectivity index (χ1v) is 4.29. The van der Waals surface area contributed by atoms with Gasteiger partial charge in [-0.2, -0.15) is 0 Å². The van der Waals surface area contributed by atoms with E-state index in [0.29, 0.717) is 6.54 Å². The summed E-state index contributed by atoms with van der Waals surface area (Å²) in [7, 11) is 1.62. The molecule has 1 aromatic heterocycles. The van der Waals surface area contributed by atoms with Crippen LogP contribution in [0, 0.1) is 0 Å². The molecule has 2 N–H and O–H groups in total. The van der Waals surface area contributed by atoms with Crippen LogP contribution >= 0.6 is 11.3 Å². The van der Waals surface area contributed by atoms with Crippen LogP contribution in [0.5, 0.6) is 0 Å². The molecule has 0 atom stereocenters. The van der Waals surface area contributed by atoms with E-state index in [9.17, 15) is 4.79 Å². The lowest BCUT2D eigenvalue weighted by Gasteiger charge is -2.13. The third kappa shape index (κ3) is 2.21. The molecular weight excluding hydrogens is 176 g/mol. The molecule has 0 bridgehead atoms. The van der Waals surface area contributed by atoms with Crippen molar-refractivity contribution in [2.45, 2.75) is 6.54 Å². The van der Waals surface area contributed by atoms with Crippen molar-refractivity contribution in [3.05, 3.63) is 22.4 Å². The Hall–Kier alpha value is -1.07. The molecule has 1 rings (SSSR count). The van der Waals surface area contributed by atoms with Gasteiger partial charge in [0, 0.05) is 11.9 Å². The van der Waals surface area contributed by atoms with Gasteiger partial charge in [-0.25, -0.2) is 10.3 Å². The van der Waals surface area contributed by atoms with E-state index in [0.717, 1.165) is 4.88 Å². The number of hydrogen-bond acceptors (Lipinski definition) is 3. The molecule has 0 saturated carbocycles. The maximum Gasteiger partial charge on any atom is 0.341 e. The molecule has 1 heterocycles. The van der Waals surface area contributed by atoms with Gasteiger partial charge in [-0.3, -0.25) is 5.21 Å². The average molecular weight is 186 g/mol. The monoisotopic (exact) mass is 186 g/mol. The first kappa shape index (κ1) is 9.02. The first-order valence-electron chi connectivity index (χ1n) is 3.41. The van der Waals surface area contributed by atoms with E-state index in [2.05, 4.69) is 0 Å². The molecule has 2 amide bonds. The molecule has 4 nitrogen and oxygen atoms in total. The lowest BCUT2D eigenvalue weighted by atomic mass is 10.4. The second-order valence-electron chi connectivity index (χ2n) is 2.35. The number of thiophene rings is 1. The molecule has 1 aromatic rings. The second-order valence-corrected chi connectivity index (χ2v) is 3.38. The second kappa shape index (κ2) is 4.08. The third-order valence-corrected chi connectivity index (χ3v) is 2.28. The molecule has 66 valence electrons. The number of urea groups is 1. The van der Waals surface area contributed by atoms with Gasteiger partial charge >= 0.3 is 6.03 Å². The number of hydrogen-bond donors (Lipinski definition) is 2. The molecule has 0 unspecified atom stereocenters. The van der Waals surface area contributed by atoms with Crippen LogP contribution in [0.2, 0.25) is 0 Å². The smallest absolute Gasteiger partial charge is 0.321 e. The standard InChI is InChI=1S/C7H10N2O2S/c1-9(7(10)8-11)5-6-3-2-4-12-6/h2-4,11H,5H2,1H3,(H,8,10). The average Bonchev–Trinajstić information content (AvgIpc) is 2.55. The molecule has 0 aliphatic heterocycles. The molecule has 0 fully saturated rings. The van der Waals surface area contributed by atoms with Gasteiger partial charge in [0.2, 0.25) is 0 Å². The molecular formula is C7H10N2O2S. The number of nitrogens with one attached hydrogen (secondary N) is 1. The Morgan fingerprint density at radius 3 is 3.08 bits per heavy atom. The minimum absolute atomic E-state index is 0.497. The maximum atomic E-state index is 10.8. The minimum Gasteiger partial charge on any atom is -0.321 e. The van der Waals surface area contributed by atoms with Gasteiger partial charge in [-0.15, -0.1) is 11.3 Å². The Kier molecular flexibility index (Phi) is 3.07. The largest absolute Gasteiger partial charge is 0.341 e. The zero-order chi connectivity index (χ0) is 8.97. The van der Waals surface area contributed by atoms with E-state index in [1.165, 1.54) is 4.90 Å². The summed E-state index contributed by atoms with van der Waals surface area (Å²) in [6.45, 7) is 0.518. The summed E-state index contributed by atoms with van der Waals surface area (Å²) < 4.78 is 0. The third-order valence-electron chi connectivity index (χ3n) is 1.42. The Labute approximate surface area is 74.4 Å². The topological polar surface area (TPSA) is 52.6 Å². The summed E-state index contributed by atoms with van der Waals surface area (Å²) in [5.74, 6) is 0. The Bertz CT molecular complexity index is 248. The van der Waals surface area contributed by atoms with Gasteiger partial charge in [-0.1, -0.05) is 6.07 Å². The van der Waals surface area contributed by atoms with Crippen molar-refractivity contribution in [2.24, 2.45) is 0 Å². The van der Waals surface area contributed by atoms with Gasteiger partial charge in [0.15, 0.2) is 0 Å². The van der Waals surface area contributed by atoms with Crippen LogP contribution in [-0.4, -0.2) is 23.2 Å². The highest BCUT2D eigenvalue weighted by molar-refractivity contribution is 7.09. The highest BCUT2D eigenvalue weighted by atomic mass is 32.1. The summed E-state index contributed by atoms with van der Waals surface area (Å²) in [5.41, 5.74) is 1.57. The van der Waals surface area contributed by atoms with Crippen LogP contribution in [0.1, 0.15) is 4.88 Å². The van der Waals surface area contributed by atoms with E-state index >= 15 is 0 Å². The fraction of sp³-hybridized carbons (Fsp3) is 0.286. The first-order chi connectivity index (χ1) is 5.74. The van der Waals surface area contributed by atoms with Crippen LogP contribution in [0.4, 0.5) is 4.79 Å². The van der Waals surface area contributed by atoms with E-state index in [4.69, 9.17) is 5.21 Å². The maximum absolute atomic E-state index is 10.8. The molecule has 0 saturated heterocycles. The fourth-order valence-electron chi connectivity index (χ4n) is 0.793. The number of rotatable bonds is 2. The predicted octanol–water partition coefficient (Wildman–Crippen LogP) is 1.28. The van der Waals surface area contributed by atoms with Gasteiger partial charge in [0.1, 0.15) is 0 Å². The van der Waals surface area contributed by atoms with Crippen molar-refractivity contribution in [1.29, 1.82) is 0 Å². The summed E-state index contributed by atoms with van der Waals surface area (Å²) in [5, 5.41) is 10.2. The van der Waals surface area contributed by atoms with Crippen molar-refractivity contribution >= 4 is 17.4 Å². The summed E-state index contributed by atoms with van der Waals surface area (Å²) in [6.07, 6.45) is 0. The zero-order valence-corrected chi connectivity index (χ0v) is 7.47. The molecule has 0 spiro atoms. The number of carbonyl (C=O) groups is 1. The van der Waals surface area contributed by atoms with Crippen molar-refractivity contribution in [2.75, 3.05) is 7.05 Å². The van der Waals surface area contributed by atoms with E-state index in [-0.39, 0.29) is 0 Å². The Morgan fingerprint density at radius 2 is 2.58 bits per heavy atom. The van der Waals surface area contributed by atoms with E-state index < -0.39 is 6.03 Å². The summed E-state index contributed by atoms with van der Waals surface area (Å²) in [6, 6.07) is 3.36.